The lowest BCUT2D eigenvalue weighted by Gasteiger charge is -2.32. The first-order chi connectivity index (χ1) is 8.45. The predicted molar refractivity (Wildman–Crippen MR) is 63.2 cm³/mol. The van der Waals surface area contributed by atoms with Gasteiger partial charge in [0.2, 0.25) is 0 Å². The lowest BCUT2D eigenvalue weighted by molar-refractivity contribution is -0.137. The van der Waals surface area contributed by atoms with E-state index in [1.54, 1.807) is 6.07 Å². The summed E-state index contributed by atoms with van der Waals surface area (Å²) in [7, 11) is 0. The molecule has 98 valence electrons. The summed E-state index contributed by atoms with van der Waals surface area (Å²) in [5.74, 6) is 0.472. The van der Waals surface area contributed by atoms with Crippen molar-refractivity contribution in [3.05, 3.63) is 34.9 Å². The van der Waals surface area contributed by atoms with Crippen LogP contribution in [-0.4, -0.2) is 6.04 Å². The van der Waals surface area contributed by atoms with Gasteiger partial charge in [-0.05, 0) is 55.4 Å². The fraction of sp³-hybridized carbons (Fsp3) is 0.571. The second kappa shape index (κ2) is 3.98. The van der Waals surface area contributed by atoms with Crippen molar-refractivity contribution in [2.24, 2.45) is 5.92 Å². The molecule has 3 atom stereocenters. The molecule has 1 aromatic carbocycles. The van der Waals surface area contributed by atoms with Crippen molar-refractivity contribution in [3.8, 4) is 0 Å². The zero-order valence-corrected chi connectivity index (χ0v) is 10.2. The second-order valence-electron chi connectivity index (χ2n) is 5.50. The number of rotatable bonds is 0. The molecular formula is C14H16F3N. The number of benzene rings is 1. The average molecular weight is 255 g/mol. The summed E-state index contributed by atoms with van der Waals surface area (Å²) in [6.45, 7) is 2.14. The number of halogens is 3. The summed E-state index contributed by atoms with van der Waals surface area (Å²) in [6.07, 6.45) is -1.23. The number of fused-ring (bicyclic) bond motifs is 3. The fourth-order valence-electron chi connectivity index (χ4n) is 3.27. The number of piperidine rings is 1. The van der Waals surface area contributed by atoms with E-state index in [1.807, 2.05) is 0 Å². The standard InChI is InChI=1S/C14H16F3N/c1-8-2-3-9-6-10-7-11(14(15,16)17)4-5-12(10)13(9)18-8/h4-5,7-9,13,18H,2-3,6H2,1H3/t8-,9-,13-/m0/s1. The minimum absolute atomic E-state index is 0.256. The maximum Gasteiger partial charge on any atom is 0.416 e. The van der Waals surface area contributed by atoms with Gasteiger partial charge in [-0.15, -0.1) is 0 Å². The van der Waals surface area contributed by atoms with Crippen LogP contribution in [0.3, 0.4) is 0 Å². The minimum Gasteiger partial charge on any atom is -0.307 e. The molecule has 3 rings (SSSR count). The molecule has 0 saturated carbocycles. The zero-order valence-electron chi connectivity index (χ0n) is 10.2. The number of alkyl halides is 3. The summed E-state index contributed by atoms with van der Waals surface area (Å²) in [4.78, 5) is 0. The molecule has 0 radical (unpaired) electrons. The largest absolute Gasteiger partial charge is 0.416 e. The fourth-order valence-corrected chi connectivity index (χ4v) is 3.27. The lowest BCUT2D eigenvalue weighted by Crippen LogP contribution is -2.38. The Morgan fingerprint density at radius 1 is 1.22 bits per heavy atom. The molecule has 0 amide bonds. The smallest absolute Gasteiger partial charge is 0.307 e. The van der Waals surface area contributed by atoms with Gasteiger partial charge in [-0.3, -0.25) is 0 Å². The third kappa shape index (κ3) is 1.92. The topological polar surface area (TPSA) is 12.0 Å². The van der Waals surface area contributed by atoms with Crippen molar-refractivity contribution in [3.63, 3.8) is 0 Å². The minimum atomic E-state index is -4.23. The van der Waals surface area contributed by atoms with Gasteiger partial charge in [0.25, 0.3) is 0 Å². The Balaban J connectivity index is 1.94. The van der Waals surface area contributed by atoms with Crippen molar-refractivity contribution in [2.75, 3.05) is 0 Å². The van der Waals surface area contributed by atoms with E-state index >= 15 is 0 Å². The SMILES string of the molecule is C[C@H]1CC[C@H]2Cc3cc(C(F)(F)F)ccc3[C@H]2N1. The molecule has 1 aromatic rings. The molecule has 1 N–H and O–H groups in total. The van der Waals surface area contributed by atoms with Gasteiger partial charge in [0, 0.05) is 12.1 Å². The van der Waals surface area contributed by atoms with Crippen molar-refractivity contribution in [1.82, 2.24) is 5.32 Å². The molecule has 1 fully saturated rings. The van der Waals surface area contributed by atoms with Crippen LogP contribution in [0.4, 0.5) is 13.2 Å². The van der Waals surface area contributed by atoms with Crippen LogP contribution in [0, 0.1) is 5.92 Å². The highest BCUT2D eigenvalue weighted by atomic mass is 19.4. The molecule has 0 bridgehead atoms. The monoisotopic (exact) mass is 255 g/mol. The molecule has 1 nitrogen and oxygen atoms in total. The van der Waals surface area contributed by atoms with Gasteiger partial charge in [-0.25, -0.2) is 0 Å². The summed E-state index contributed by atoms with van der Waals surface area (Å²) in [5.41, 5.74) is 1.42. The molecule has 18 heavy (non-hydrogen) atoms. The van der Waals surface area contributed by atoms with Gasteiger partial charge in [0.05, 0.1) is 5.56 Å². The lowest BCUT2D eigenvalue weighted by atomic mass is 9.89. The van der Waals surface area contributed by atoms with Crippen molar-refractivity contribution in [1.29, 1.82) is 0 Å². The van der Waals surface area contributed by atoms with Crippen molar-refractivity contribution in [2.45, 2.75) is 44.4 Å². The van der Waals surface area contributed by atoms with Gasteiger partial charge in [0.1, 0.15) is 0 Å². The highest BCUT2D eigenvalue weighted by molar-refractivity contribution is 5.40. The molecule has 4 heteroatoms. The van der Waals surface area contributed by atoms with Crippen LogP contribution >= 0.6 is 0 Å². The van der Waals surface area contributed by atoms with Gasteiger partial charge in [0.15, 0.2) is 0 Å². The normalized spacial score (nSPS) is 31.0. The molecule has 0 aromatic heterocycles. The number of nitrogens with one attached hydrogen (secondary N) is 1. The van der Waals surface area contributed by atoms with Gasteiger partial charge in [-0.2, -0.15) is 13.2 Å². The molecule has 0 unspecified atom stereocenters. The summed E-state index contributed by atoms with van der Waals surface area (Å²) >= 11 is 0. The Hall–Kier alpha value is -1.03. The molecule has 1 aliphatic heterocycles. The first-order valence-electron chi connectivity index (χ1n) is 6.41. The Labute approximate surface area is 104 Å². The summed E-state index contributed by atoms with van der Waals surface area (Å²) in [6, 6.07) is 4.92. The van der Waals surface area contributed by atoms with Crippen LogP contribution in [-0.2, 0) is 12.6 Å². The van der Waals surface area contributed by atoms with Gasteiger partial charge >= 0.3 is 6.18 Å². The Bertz CT molecular complexity index is 467. The Morgan fingerprint density at radius 2 is 2.00 bits per heavy atom. The van der Waals surface area contributed by atoms with E-state index in [9.17, 15) is 13.2 Å². The Morgan fingerprint density at radius 3 is 2.72 bits per heavy atom. The zero-order chi connectivity index (χ0) is 12.9. The molecule has 1 aliphatic carbocycles. The van der Waals surface area contributed by atoms with Crippen LogP contribution < -0.4 is 5.32 Å². The Kier molecular flexibility index (Phi) is 2.66. The third-order valence-corrected chi connectivity index (χ3v) is 4.19. The van der Waals surface area contributed by atoms with Crippen LogP contribution in [0.2, 0.25) is 0 Å². The van der Waals surface area contributed by atoms with E-state index < -0.39 is 11.7 Å². The molecule has 1 heterocycles. The average Bonchev–Trinajstić information content (AvgIpc) is 2.65. The summed E-state index contributed by atoms with van der Waals surface area (Å²) < 4.78 is 38.0. The molecular weight excluding hydrogens is 239 g/mol. The quantitative estimate of drug-likeness (QED) is 0.745. The maximum atomic E-state index is 12.7. The van der Waals surface area contributed by atoms with Gasteiger partial charge < -0.3 is 5.32 Å². The maximum absolute atomic E-state index is 12.7. The summed E-state index contributed by atoms with van der Waals surface area (Å²) in [5, 5.41) is 3.51. The van der Waals surface area contributed by atoms with Crippen molar-refractivity contribution < 1.29 is 13.2 Å². The van der Waals surface area contributed by atoms with Crippen LogP contribution in [0.25, 0.3) is 0 Å². The van der Waals surface area contributed by atoms with E-state index in [1.165, 1.54) is 12.1 Å². The van der Waals surface area contributed by atoms with E-state index in [-0.39, 0.29) is 6.04 Å². The van der Waals surface area contributed by atoms with Crippen LogP contribution in [0.5, 0.6) is 0 Å². The molecule has 2 aliphatic rings. The van der Waals surface area contributed by atoms with Crippen LogP contribution in [0.15, 0.2) is 18.2 Å². The van der Waals surface area contributed by atoms with E-state index in [0.717, 1.165) is 30.4 Å². The van der Waals surface area contributed by atoms with E-state index in [2.05, 4.69) is 12.2 Å². The first-order valence-corrected chi connectivity index (χ1v) is 6.41. The number of hydrogen-bond acceptors (Lipinski definition) is 1. The number of hydrogen-bond donors (Lipinski definition) is 1. The third-order valence-electron chi connectivity index (χ3n) is 4.19. The van der Waals surface area contributed by atoms with E-state index in [0.29, 0.717) is 12.0 Å². The highest BCUT2D eigenvalue weighted by Gasteiger charge is 2.38. The first kappa shape index (κ1) is 12.0. The highest BCUT2D eigenvalue weighted by Crippen LogP contribution is 2.43. The van der Waals surface area contributed by atoms with E-state index in [4.69, 9.17) is 0 Å². The molecule has 1 saturated heterocycles. The van der Waals surface area contributed by atoms with Crippen LogP contribution in [0.1, 0.15) is 42.5 Å². The van der Waals surface area contributed by atoms with Gasteiger partial charge in [-0.1, -0.05) is 6.07 Å². The van der Waals surface area contributed by atoms with Crippen molar-refractivity contribution >= 4 is 0 Å². The second-order valence-corrected chi connectivity index (χ2v) is 5.50. The molecule has 0 spiro atoms. The predicted octanol–water partition coefficient (Wildman–Crippen LogP) is 3.69.